The van der Waals surface area contributed by atoms with E-state index in [2.05, 4.69) is 0 Å². The van der Waals surface area contributed by atoms with Gasteiger partial charge in [-0.25, -0.2) is 0 Å². The van der Waals surface area contributed by atoms with E-state index in [1.165, 1.54) is 11.4 Å². The van der Waals surface area contributed by atoms with Crippen LogP contribution in [0.1, 0.15) is 26.6 Å². The molecule has 142 valence electrons. The first-order valence-electron chi connectivity index (χ1n) is 6.98. The van der Waals surface area contributed by atoms with Gasteiger partial charge >= 0.3 is 18.0 Å². The summed E-state index contributed by atoms with van der Waals surface area (Å²) >= 11 is 0.712. The lowest BCUT2D eigenvalue weighted by atomic mass is 10.1. The lowest BCUT2D eigenvalue weighted by Gasteiger charge is -2.20. The third-order valence-electron chi connectivity index (χ3n) is 3.60. The third kappa shape index (κ3) is 3.16. The van der Waals surface area contributed by atoms with Gasteiger partial charge in [-0.1, -0.05) is 6.07 Å². The number of alkyl halides is 6. The Labute approximate surface area is 149 Å². The number of nitrogens with zero attached hydrogens (tertiary/aromatic N) is 2. The zero-order valence-electron chi connectivity index (χ0n) is 12.8. The van der Waals surface area contributed by atoms with Crippen molar-refractivity contribution in [1.29, 1.82) is 0 Å². The van der Waals surface area contributed by atoms with Crippen molar-refractivity contribution in [2.24, 2.45) is 0 Å². The number of thiophene rings is 1. The summed E-state index contributed by atoms with van der Waals surface area (Å²) in [5.41, 5.74) is -7.00. The summed E-state index contributed by atoms with van der Waals surface area (Å²) in [4.78, 5) is 24.6. The van der Waals surface area contributed by atoms with Crippen molar-refractivity contribution in [1.82, 2.24) is 4.73 Å². The van der Waals surface area contributed by atoms with E-state index in [0.29, 0.717) is 23.5 Å². The molecule has 0 atom stereocenters. The molecule has 5 nitrogen and oxygen atoms in total. The molecule has 0 N–H and O–H groups in total. The predicted octanol–water partition coefficient (Wildman–Crippen LogP) is 4.23. The van der Waals surface area contributed by atoms with Gasteiger partial charge in [0.15, 0.2) is 0 Å². The van der Waals surface area contributed by atoms with E-state index >= 15 is 0 Å². The van der Waals surface area contributed by atoms with Gasteiger partial charge in [0, 0.05) is 11.0 Å². The molecule has 2 heterocycles. The van der Waals surface area contributed by atoms with Crippen molar-refractivity contribution in [3.63, 3.8) is 0 Å². The second-order valence-electron chi connectivity index (χ2n) is 5.29. The summed E-state index contributed by atoms with van der Waals surface area (Å²) in [6, 6.07) is 3.50. The molecule has 0 unspecified atom stereocenters. The molecule has 0 radical (unpaired) electrons. The third-order valence-corrected chi connectivity index (χ3v) is 4.47. The minimum absolute atomic E-state index is 0.224. The van der Waals surface area contributed by atoms with Gasteiger partial charge in [-0.3, -0.25) is 4.79 Å². The molecule has 0 bridgehead atoms. The van der Waals surface area contributed by atoms with Gasteiger partial charge in [-0.2, -0.15) is 26.3 Å². The zero-order chi connectivity index (χ0) is 20.1. The van der Waals surface area contributed by atoms with Gasteiger partial charge in [0.1, 0.15) is 5.52 Å². The monoisotopic (exact) mass is 408 g/mol. The summed E-state index contributed by atoms with van der Waals surface area (Å²) in [6.45, 7) is 0. The highest BCUT2D eigenvalue weighted by atomic mass is 32.1. The molecule has 0 aliphatic heterocycles. The maximum Gasteiger partial charge on any atom is 0.438 e. The van der Waals surface area contributed by atoms with Gasteiger partial charge in [0.2, 0.25) is 5.69 Å². The average Bonchev–Trinajstić information content (AvgIpc) is 3.09. The molecule has 1 aromatic carbocycles. The molecule has 0 spiro atoms. The number of ketones is 1. The fourth-order valence-electron chi connectivity index (χ4n) is 2.44. The van der Waals surface area contributed by atoms with Gasteiger partial charge in [0.25, 0.3) is 11.3 Å². The van der Waals surface area contributed by atoms with E-state index in [1.54, 1.807) is 0 Å². The largest absolute Gasteiger partial charge is 0.805 e. The van der Waals surface area contributed by atoms with Gasteiger partial charge < -0.3 is 9.94 Å². The van der Waals surface area contributed by atoms with Crippen LogP contribution in [0.15, 0.2) is 35.7 Å². The van der Waals surface area contributed by atoms with E-state index in [0.717, 1.165) is 6.07 Å². The summed E-state index contributed by atoms with van der Waals surface area (Å²) in [7, 11) is 0. The van der Waals surface area contributed by atoms with Crippen LogP contribution in [-0.2, 0) is 12.4 Å². The number of rotatable bonds is 2. The fraction of sp³-hybridized carbons (Fsp3) is 0.133. The molecule has 0 aliphatic rings. The van der Waals surface area contributed by atoms with E-state index in [-0.39, 0.29) is 10.9 Å². The Kier molecular flexibility index (Phi) is 4.25. The summed E-state index contributed by atoms with van der Waals surface area (Å²) in [5, 5.41) is 13.5. The van der Waals surface area contributed by atoms with E-state index in [1.807, 2.05) is 0 Å². The molecule has 0 saturated carbocycles. The van der Waals surface area contributed by atoms with Gasteiger partial charge in [0.05, 0.1) is 14.9 Å². The van der Waals surface area contributed by atoms with Crippen LogP contribution in [0.4, 0.5) is 26.3 Å². The minimum atomic E-state index is -5.40. The van der Waals surface area contributed by atoms with Crippen LogP contribution >= 0.6 is 11.3 Å². The number of hydrogen-bond acceptors (Lipinski definition) is 4. The van der Waals surface area contributed by atoms with Crippen molar-refractivity contribution >= 4 is 28.2 Å². The smallest absolute Gasteiger partial charge is 0.438 e. The predicted molar refractivity (Wildman–Crippen MR) is 81.8 cm³/mol. The Morgan fingerprint density at radius 3 is 2.26 bits per heavy atom. The van der Waals surface area contributed by atoms with Crippen LogP contribution in [0, 0.1) is 10.1 Å². The zero-order valence-corrected chi connectivity index (χ0v) is 13.6. The topological polar surface area (TPSA) is 68.0 Å². The van der Waals surface area contributed by atoms with E-state index in [9.17, 15) is 41.3 Å². The number of hydrogen-bond donors (Lipinski definition) is 0. The number of benzene rings is 1. The molecule has 0 aliphatic carbocycles. The Hall–Kier alpha value is -2.89. The Morgan fingerprint density at radius 2 is 1.74 bits per heavy atom. The first-order chi connectivity index (χ1) is 12.4. The minimum Gasteiger partial charge on any atom is -0.805 e. The Bertz CT molecular complexity index is 1100. The normalized spacial score (nSPS) is 12.5. The van der Waals surface area contributed by atoms with Crippen LogP contribution in [0.5, 0.6) is 0 Å². The SMILES string of the molecule is O=C(c1cccs1)c1c(C(F)(F)F)n([O-])c2ccc(C(F)(F)F)cc2[n+]1=O. The van der Waals surface area contributed by atoms with Crippen LogP contribution in [-0.4, -0.2) is 10.5 Å². The van der Waals surface area contributed by atoms with E-state index < -0.39 is 55.3 Å². The van der Waals surface area contributed by atoms with Crippen molar-refractivity contribution in [2.75, 3.05) is 0 Å². The Balaban J connectivity index is 2.46. The molecular weight excluding hydrogens is 402 g/mol. The highest BCUT2D eigenvalue weighted by molar-refractivity contribution is 7.12. The standard InChI is InChI=1S/C15H6F6N2O3S/c16-14(17,18)7-3-4-8-9(6-7)22(25)11(12(24)10-2-1-5-27-10)13(23(8)26)15(19,20)21/h1-6H. The van der Waals surface area contributed by atoms with Crippen molar-refractivity contribution < 1.29 is 35.6 Å². The highest BCUT2D eigenvalue weighted by Crippen LogP contribution is 2.35. The number of halogens is 6. The maximum absolute atomic E-state index is 13.4. The summed E-state index contributed by atoms with van der Waals surface area (Å²) in [6.07, 6.45) is -10.3. The fourth-order valence-corrected chi connectivity index (χ4v) is 3.11. The lowest BCUT2D eigenvalue weighted by Crippen LogP contribution is -2.35. The number of fused-ring (bicyclic) bond motifs is 1. The molecule has 0 amide bonds. The van der Waals surface area contributed by atoms with Crippen molar-refractivity contribution in [3.8, 4) is 0 Å². The van der Waals surface area contributed by atoms with Crippen LogP contribution in [0.3, 0.4) is 0 Å². The average molecular weight is 408 g/mol. The second-order valence-corrected chi connectivity index (χ2v) is 6.24. The van der Waals surface area contributed by atoms with Crippen LogP contribution in [0.2, 0.25) is 0 Å². The number of carbonyl (C=O) groups is 1. The summed E-state index contributed by atoms with van der Waals surface area (Å²) in [5.74, 6) is -1.42. The van der Waals surface area contributed by atoms with Crippen LogP contribution < -0.4 is 4.43 Å². The molecule has 2 aromatic heterocycles. The molecule has 27 heavy (non-hydrogen) atoms. The molecule has 12 heteroatoms. The number of aromatic nitrogens is 2. The molecule has 3 rings (SSSR count). The van der Waals surface area contributed by atoms with Crippen molar-refractivity contribution in [3.05, 3.63) is 67.7 Å². The maximum atomic E-state index is 13.4. The first kappa shape index (κ1) is 18.9. The molecular formula is C15H6F6N2O3S. The summed E-state index contributed by atoms with van der Waals surface area (Å²) < 4.78 is 77.4. The highest BCUT2D eigenvalue weighted by Gasteiger charge is 2.45. The quantitative estimate of drug-likeness (QED) is 0.362. The Morgan fingerprint density at radius 1 is 1.07 bits per heavy atom. The molecule has 3 aromatic rings. The van der Waals surface area contributed by atoms with Crippen LogP contribution in [0.25, 0.3) is 11.0 Å². The van der Waals surface area contributed by atoms with Gasteiger partial charge in [-0.15, -0.1) is 11.3 Å². The first-order valence-corrected chi connectivity index (χ1v) is 7.86. The van der Waals surface area contributed by atoms with E-state index in [4.69, 9.17) is 0 Å². The molecule has 0 fully saturated rings. The molecule has 0 saturated heterocycles. The van der Waals surface area contributed by atoms with Crippen molar-refractivity contribution in [2.45, 2.75) is 12.4 Å². The number of carbonyl (C=O) groups excluding carboxylic acids is 1. The second kappa shape index (κ2) is 6.08. The van der Waals surface area contributed by atoms with Gasteiger partial charge in [-0.05, 0) is 23.6 Å². The lowest BCUT2D eigenvalue weighted by molar-refractivity contribution is -0.470.